The van der Waals surface area contributed by atoms with Crippen LogP contribution in [0.3, 0.4) is 0 Å². The first-order chi connectivity index (χ1) is 26.8. The van der Waals surface area contributed by atoms with Crippen LogP contribution < -0.4 is 4.90 Å². The van der Waals surface area contributed by atoms with Gasteiger partial charge in [0.25, 0.3) is 0 Å². The van der Waals surface area contributed by atoms with Crippen molar-refractivity contribution in [3.8, 4) is 33.5 Å². The molecule has 1 heterocycles. The van der Waals surface area contributed by atoms with Crippen LogP contribution in [0.2, 0.25) is 0 Å². The molecular formula is C52H36N2. The van der Waals surface area contributed by atoms with Crippen LogP contribution in [-0.4, -0.2) is 4.98 Å². The van der Waals surface area contributed by atoms with Crippen molar-refractivity contribution in [3.05, 3.63) is 241 Å². The number of pyridine rings is 1. The number of nitrogens with zero attached hydrogens (tertiary/aromatic N) is 2. The highest BCUT2D eigenvalue weighted by atomic mass is 15.1. The Labute approximate surface area is 316 Å². The second-order valence-electron chi connectivity index (χ2n) is 13.9. The highest BCUT2D eigenvalue weighted by Crippen LogP contribution is 2.58. The first-order valence-corrected chi connectivity index (χ1v) is 18.6. The predicted octanol–water partition coefficient (Wildman–Crippen LogP) is 13.4. The molecule has 8 aromatic carbocycles. The Kier molecular flexibility index (Phi) is 7.74. The van der Waals surface area contributed by atoms with Crippen molar-refractivity contribution in [3.63, 3.8) is 0 Å². The van der Waals surface area contributed by atoms with Gasteiger partial charge in [-0.2, -0.15) is 0 Å². The van der Waals surface area contributed by atoms with E-state index in [-0.39, 0.29) is 0 Å². The van der Waals surface area contributed by atoms with Crippen LogP contribution in [0.25, 0.3) is 44.4 Å². The molecule has 54 heavy (non-hydrogen) atoms. The van der Waals surface area contributed by atoms with E-state index in [0.29, 0.717) is 0 Å². The molecule has 0 saturated carbocycles. The third kappa shape index (κ3) is 5.15. The molecule has 0 amide bonds. The fourth-order valence-corrected chi connectivity index (χ4v) is 8.54. The number of hydrogen-bond donors (Lipinski definition) is 0. The maximum atomic E-state index is 5.39. The Balaban J connectivity index is 1.26. The van der Waals surface area contributed by atoms with Crippen molar-refractivity contribution < 1.29 is 0 Å². The van der Waals surface area contributed by atoms with Crippen molar-refractivity contribution in [1.29, 1.82) is 0 Å². The molecule has 1 aromatic heterocycles. The van der Waals surface area contributed by atoms with Crippen LogP contribution in [-0.2, 0) is 5.41 Å². The van der Waals surface area contributed by atoms with Gasteiger partial charge in [-0.3, -0.25) is 0 Å². The third-order valence-electron chi connectivity index (χ3n) is 10.9. The minimum absolute atomic E-state index is 0.560. The normalized spacial score (nSPS) is 12.6. The average molecular weight is 689 g/mol. The number of rotatable bonds is 7. The SMILES string of the molecule is c1ccc(-c2cc3ccccc3nc2-c2ccc3c(c2)C(c2ccccc2)(c2ccccc2)c2ccc(N(c4ccccc4)c4ccccc4)cc2-3)cc1. The zero-order valence-corrected chi connectivity index (χ0v) is 29.7. The Bertz CT molecular complexity index is 2660. The van der Waals surface area contributed by atoms with Crippen LogP contribution in [0.1, 0.15) is 22.3 Å². The van der Waals surface area contributed by atoms with Gasteiger partial charge in [0.2, 0.25) is 0 Å². The molecule has 0 saturated heterocycles. The smallest absolute Gasteiger partial charge is 0.0788 e. The van der Waals surface area contributed by atoms with Crippen molar-refractivity contribution in [2.75, 3.05) is 4.90 Å². The monoisotopic (exact) mass is 688 g/mol. The number of para-hydroxylation sites is 3. The third-order valence-corrected chi connectivity index (χ3v) is 10.9. The minimum atomic E-state index is -0.560. The average Bonchev–Trinajstić information content (AvgIpc) is 3.55. The highest BCUT2D eigenvalue weighted by Gasteiger charge is 2.46. The Morgan fingerprint density at radius 3 is 1.54 bits per heavy atom. The summed E-state index contributed by atoms with van der Waals surface area (Å²) in [5, 5.41) is 1.13. The predicted molar refractivity (Wildman–Crippen MR) is 225 cm³/mol. The van der Waals surface area contributed by atoms with Crippen molar-refractivity contribution in [1.82, 2.24) is 4.98 Å². The molecule has 254 valence electrons. The van der Waals surface area contributed by atoms with E-state index in [0.717, 1.165) is 50.3 Å². The Morgan fingerprint density at radius 2 is 0.907 bits per heavy atom. The number of hydrogen-bond acceptors (Lipinski definition) is 2. The van der Waals surface area contributed by atoms with E-state index in [9.17, 15) is 0 Å². The molecule has 1 aliphatic carbocycles. The van der Waals surface area contributed by atoms with Gasteiger partial charge in [0.05, 0.1) is 16.6 Å². The van der Waals surface area contributed by atoms with Gasteiger partial charge in [-0.25, -0.2) is 4.98 Å². The van der Waals surface area contributed by atoms with Crippen LogP contribution in [0.15, 0.2) is 218 Å². The molecule has 0 unspecified atom stereocenters. The lowest BCUT2D eigenvalue weighted by Gasteiger charge is -2.34. The molecule has 0 fully saturated rings. The summed E-state index contributed by atoms with van der Waals surface area (Å²) >= 11 is 0. The van der Waals surface area contributed by atoms with Crippen LogP contribution in [0.4, 0.5) is 17.1 Å². The van der Waals surface area contributed by atoms with Gasteiger partial charge in [-0.1, -0.05) is 164 Å². The van der Waals surface area contributed by atoms with Crippen molar-refractivity contribution in [2.24, 2.45) is 0 Å². The zero-order valence-electron chi connectivity index (χ0n) is 29.7. The van der Waals surface area contributed by atoms with Crippen molar-refractivity contribution in [2.45, 2.75) is 5.41 Å². The van der Waals surface area contributed by atoms with Crippen LogP contribution >= 0.6 is 0 Å². The second kappa shape index (κ2) is 13.2. The zero-order chi connectivity index (χ0) is 35.9. The topological polar surface area (TPSA) is 16.1 Å². The molecular weight excluding hydrogens is 653 g/mol. The molecule has 0 atom stereocenters. The lowest BCUT2D eigenvalue weighted by molar-refractivity contribution is 0.768. The largest absolute Gasteiger partial charge is 0.310 e. The first kappa shape index (κ1) is 31.7. The van der Waals surface area contributed by atoms with Gasteiger partial charge in [-0.05, 0) is 93.5 Å². The number of anilines is 3. The molecule has 0 bridgehead atoms. The molecule has 10 rings (SSSR count). The van der Waals surface area contributed by atoms with E-state index in [1.54, 1.807) is 0 Å². The molecule has 0 spiro atoms. The standard InChI is InChI=1S/C52H36N2/c1-6-18-37(19-7-1)46-34-38-20-16-17-29-50(38)53-51(46)39-30-32-45-47-36-44(54(42-25-12-4-13-26-42)43-27-14-5-15-28-43)31-33-48(47)52(49(45)35-39,40-21-8-2-9-22-40)41-23-10-3-11-24-41/h1-36H. The van der Waals surface area contributed by atoms with E-state index in [1.165, 1.54) is 33.4 Å². The van der Waals surface area contributed by atoms with E-state index < -0.39 is 5.41 Å². The molecule has 2 heteroatoms. The van der Waals surface area contributed by atoms with Crippen LogP contribution in [0, 0.1) is 0 Å². The molecule has 2 nitrogen and oxygen atoms in total. The summed E-state index contributed by atoms with van der Waals surface area (Å²) < 4.78 is 0. The van der Waals surface area contributed by atoms with E-state index >= 15 is 0 Å². The van der Waals surface area contributed by atoms with Gasteiger partial charge in [0, 0.05) is 33.6 Å². The summed E-state index contributed by atoms with van der Waals surface area (Å²) in [6, 6.07) is 78.8. The quantitative estimate of drug-likeness (QED) is 0.166. The lowest BCUT2D eigenvalue weighted by Crippen LogP contribution is -2.28. The summed E-state index contributed by atoms with van der Waals surface area (Å²) in [4.78, 5) is 7.74. The molecule has 0 N–H and O–H groups in total. The lowest BCUT2D eigenvalue weighted by atomic mass is 9.67. The van der Waals surface area contributed by atoms with E-state index in [2.05, 4.69) is 223 Å². The molecule has 9 aromatic rings. The summed E-state index contributed by atoms with van der Waals surface area (Å²) in [5.74, 6) is 0. The summed E-state index contributed by atoms with van der Waals surface area (Å²) in [6.45, 7) is 0. The summed E-state index contributed by atoms with van der Waals surface area (Å²) in [5.41, 5.74) is 15.6. The maximum absolute atomic E-state index is 5.39. The molecule has 1 aliphatic rings. The van der Waals surface area contributed by atoms with Crippen molar-refractivity contribution >= 4 is 28.0 Å². The number of benzene rings is 8. The number of fused-ring (bicyclic) bond motifs is 4. The van der Waals surface area contributed by atoms with E-state index in [4.69, 9.17) is 4.98 Å². The van der Waals surface area contributed by atoms with Gasteiger partial charge in [0.15, 0.2) is 0 Å². The van der Waals surface area contributed by atoms with Gasteiger partial charge < -0.3 is 4.90 Å². The van der Waals surface area contributed by atoms with Gasteiger partial charge in [0.1, 0.15) is 0 Å². The maximum Gasteiger partial charge on any atom is 0.0788 e. The first-order valence-electron chi connectivity index (χ1n) is 18.6. The van der Waals surface area contributed by atoms with E-state index in [1.807, 2.05) is 0 Å². The minimum Gasteiger partial charge on any atom is -0.310 e. The van der Waals surface area contributed by atoms with Crippen LogP contribution in [0.5, 0.6) is 0 Å². The molecule has 0 aliphatic heterocycles. The fourth-order valence-electron chi connectivity index (χ4n) is 8.54. The Morgan fingerprint density at radius 1 is 0.352 bits per heavy atom. The summed E-state index contributed by atoms with van der Waals surface area (Å²) in [7, 11) is 0. The van der Waals surface area contributed by atoms with Gasteiger partial charge in [-0.15, -0.1) is 0 Å². The van der Waals surface area contributed by atoms with Gasteiger partial charge >= 0.3 is 0 Å². The molecule has 0 radical (unpaired) electrons. The highest BCUT2D eigenvalue weighted by molar-refractivity contribution is 5.95. The summed E-state index contributed by atoms with van der Waals surface area (Å²) in [6.07, 6.45) is 0. The second-order valence-corrected chi connectivity index (χ2v) is 13.9. The number of aromatic nitrogens is 1. The fraction of sp³-hybridized carbons (Fsp3) is 0.0192. The Hall–Kier alpha value is -7.03.